The molecule has 0 aliphatic rings. The maximum Gasteiger partial charge on any atom is 0.252 e. The zero-order chi connectivity index (χ0) is 17.9. The highest BCUT2D eigenvalue weighted by molar-refractivity contribution is 6.06. The SMILES string of the molecule is Cc1ccc(-n2nnnc2CNC(=O)c2cccc3ccccc23)cc1. The van der Waals surface area contributed by atoms with Gasteiger partial charge in [0.25, 0.3) is 5.91 Å². The van der Waals surface area contributed by atoms with Crippen molar-refractivity contribution >= 4 is 16.7 Å². The fourth-order valence-corrected chi connectivity index (χ4v) is 2.88. The van der Waals surface area contributed by atoms with Crippen LogP contribution >= 0.6 is 0 Å². The van der Waals surface area contributed by atoms with Crippen molar-refractivity contribution in [2.75, 3.05) is 0 Å². The molecule has 128 valence electrons. The van der Waals surface area contributed by atoms with E-state index < -0.39 is 0 Å². The van der Waals surface area contributed by atoms with Crippen LogP contribution in [-0.2, 0) is 6.54 Å². The van der Waals surface area contributed by atoms with E-state index in [0.29, 0.717) is 11.4 Å². The predicted molar refractivity (Wildman–Crippen MR) is 99.0 cm³/mol. The molecule has 26 heavy (non-hydrogen) atoms. The monoisotopic (exact) mass is 343 g/mol. The molecule has 1 aromatic heterocycles. The second-order valence-corrected chi connectivity index (χ2v) is 6.05. The van der Waals surface area contributed by atoms with Crippen molar-refractivity contribution in [2.24, 2.45) is 0 Å². The van der Waals surface area contributed by atoms with Gasteiger partial charge < -0.3 is 5.32 Å². The molecule has 0 saturated carbocycles. The minimum Gasteiger partial charge on any atom is -0.345 e. The molecule has 0 aliphatic carbocycles. The molecule has 0 bridgehead atoms. The molecule has 4 aromatic rings. The minimum absolute atomic E-state index is 0.153. The van der Waals surface area contributed by atoms with E-state index in [1.165, 1.54) is 0 Å². The third kappa shape index (κ3) is 3.04. The van der Waals surface area contributed by atoms with Gasteiger partial charge in [0.15, 0.2) is 5.82 Å². The molecule has 0 saturated heterocycles. The molecule has 0 aliphatic heterocycles. The number of nitrogens with one attached hydrogen (secondary N) is 1. The Kier molecular flexibility index (Phi) is 4.15. The lowest BCUT2D eigenvalue weighted by molar-refractivity contribution is 0.0951. The Morgan fingerprint density at radius 3 is 2.62 bits per heavy atom. The number of aryl methyl sites for hydroxylation is 1. The van der Waals surface area contributed by atoms with Gasteiger partial charge in [0.05, 0.1) is 12.2 Å². The summed E-state index contributed by atoms with van der Waals surface area (Å²) in [6, 6.07) is 21.4. The standard InChI is InChI=1S/C20H17N5O/c1-14-9-11-16(12-10-14)25-19(22-23-24-25)13-21-20(26)18-8-4-6-15-5-2-3-7-17(15)18/h2-12H,13H2,1H3,(H,21,26). The van der Waals surface area contributed by atoms with Gasteiger partial charge in [0.2, 0.25) is 0 Å². The smallest absolute Gasteiger partial charge is 0.252 e. The van der Waals surface area contributed by atoms with E-state index in [4.69, 9.17) is 0 Å². The summed E-state index contributed by atoms with van der Waals surface area (Å²) >= 11 is 0. The van der Waals surface area contributed by atoms with Crippen LogP contribution in [0.2, 0.25) is 0 Å². The normalized spacial score (nSPS) is 10.8. The van der Waals surface area contributed by atoms with E-state index in [2.05, 4.69) is 20.8 Å². The molecule has 0 atom stereocenters. The summed E-state index contributed by atoms with van der Waals surface area (Å²) in [6.07, 6.45) is 0. The number of carbonyl (C=O) groups is 1. The Morgan fingerprint density at radius 1 is 1.00 bits per heavy atom. The molecule has 1 N–H and O–H groups in total. The largest absolute Gasteiger partial charge is 0.345 e. The first-order valence-electron chi connectivity index (χ1n) is 8.32. The van der Waals surface area contributed by atoms with Gasteiger partial charge in [0.1, 0.15) is 0 Å². The zero-order valence-electron chi connectivity index (χ0n) is 14.3. The average molecular weight is 343 g/mol. The van der Waals surface area contributed by atoms with Crippen LogP contribution in [0.3, 0.4) is 0 Å². The van der Waals surface area contributed by atoms with Crippen molar-refractivity contribution in [3.05, 3.63) is 83.7 Å². The first-order chi connectivity index (χ1) is 12.7. The van der Waals surface area contributed by atoms with Gasteiger partial charge in [-0.2, -0.15) is 4.68 Å². The highest BCUT2D eigenvalue weighted by Crippen LogP contribution is 2.18. The molecule has 0 unspecified atom stereocenters. The first-order valence-corrected chi connectivity index (χ1v) is 8.32. The number of carbonyl (C=O) groups excluding carboxylic acids is 1. The summed E-state index contributed by atoms with van der Waals surface area (Å²) in [7, 11) is 0. The molecule has 1 heterocycles. The van der Waals surface area contributed by atoms with Crippen molar-refractivity contribution in [1.29, 1.82) is 0 Å². The molecule has 4 rings (SSSR count). The van der Waals surface area contributed by atoms with Gasteiger partial charge in [-0.05, 0) is 46.3 Å². The molecule has 3 aromatic carbocycles. The molecular weight excluding hydrogens is 326 g/mol. The van der Waals surface area contributed by atoms with Crippen LogP contribution in [0, 0.1) is 6.92 Å². The molecule has 1 amide bonds. The average Bonchev–Trinajstić information content (AvgIpc) is 3.15. The third-order valence-corrected chi connectivity index (χ3v) is 4.25. The first kappa shape index (κ1) is 16.0. The number of tetrazole rings is 1. The van der Waals surface area contributed by atoms with Gasteiger partial charge in [0, 0.05) is 5.56 Å². The number of hydrogen-bond donors (Lipinski definition) is 1. The lowest BCUT2D eigenvalue weighted by Gasteiger charge is -2.08. The lowest BCUT2D eigenvalue weighted by atomic mass is 10.0. The fraction of sp³-hybridized carbons (Fsp3) is 0.100. The number of rotatable bonds is 4. The number of hydrogen-bond acceptors (Lipinski definition) is 4. The fourth-order valence-electron chi connectivity index (χ4n) is 2.88. The maximum atomic E-state index is 12.7. The van der Waals surface area contributed by atoms with E-state index in [1.54, 1.807) is 4.68 Å². The van der Waals surface area contributed by atoms with Crippen LogP contribution in [0.5, 0.6) is 0 Å². The van der Waals surface area contributed by atoms with Crippen molar-refractivity contribution in [1.82, 2.24) is 25.5 Å². The summed E-state index contributed by atoms with van der Waals surface area (Å²) in [5.74, 6) is 0.419. The van der Waals surface area contributed by atoms with Crippen molar-refractivity contribution in [2.45, 2.75) is 13.5 Å². The highest BCUT2D eigenvalue weighted by Gasteiger charge is 2.13. The van der Waals surface area contributed by atoms with Gasteiger partial charge in [-0.25, -0.2) is 0 Å². The van der Waals surface area contributed by atoms with Crippen LogP contribution < -0.4 is 5.32 Å². The van der Waals surface area contributed by atoms with Crippen LogP contribution in [0.1, 0.15) is 21.7 Å². The van der Waals surface area contributed by atoms with Crippen LogP contribution in [0.4, 0.5) is 0 Å². The van der Waals surface area contributed by atoms with Gasteiger partial charge in [-0.15, -0.1) is 5.10 Å². The quantitative estimate of drug-likeness (QED) is 0.618. The topological polar surface area (TPSA) is 72.7 Å². The van der Waals surface area contributed by atoms with E-state index in [-0.39, 0.29) is 12.5 Å². The Hall–Kier alpha value is -3.54. The third-order valence-electron chi connectivity index (χ3n) is 4.25. The van der Waals surface area contributed by atoms with Crippen LogP contribution in [-0.4, -0.2) is 26.1 Å². The van der Waals surface area contributed by atoms with Gasteiger partial charge in [-0.3, -0.25) is 4.79 Å². The number of amides is 1. The Balaban J connectivity index is 1.55. The molecule has 6 nitrogen and oxygen atoms in total. The van der Waals surface area contributed by atoms with E-state index in [1.807, 2.05) is 73.7 Å². The Morgan fingerprint density at radius 2 is 1.77 bits per heavy atom. The number of fused-ring (bicyclic) bond motifs is 1. The summed E-state index contributed by atoms with van der Waals surface area (Å²) < 4.78 is 1.63. The summed E-state index contributed by atoms with van der Waals surface area (Å²) in [6.45, 7) is 2.26. The zero-order valence-corrected chi connectivity index (χ0v) is 14.3. The summed E-state index contributed by atoms with van der Waals surface area (Å²) in [5.41, 5.74) is 2.65. The number of aromatic nitrogens is 4. The summed E-state index contributed by atoms with van der Waals surface area (Å²) in [4.78, 5) is 12.7. The van der Waals surface area contributed by atoms with Gasteiger partial charge >= 0.3 is 0 Å². The van der Waals surface area contributed by atoms with Crippen LogP contribution in [0.25, 0.3) is 16.5 Å². The van der Waals surface area contributed by atoms with Crippen molar-refractivity contribution in [3.63, 3.8) is 0 Å². The number of nitrogens with zero attached hydrogens (tertiary/aromatic N) is 4. The maximum absolute atomic E-state index is 12.7. The van der Waals surface area contributed by atoms with Crippen molar-refractivity contribution in [3.8, 4) is 5.69 Å². The molecular formula is C20H17N5O. The van der Waals surface area contributed by atoms with Crippen LogP contribution in [0.15, 0.2) is 66.7 Å². The Labute approximate surface area is 150 Å². The lowest BCUT2D eigenvalue weighted by Crippen LogP contribution is -2.25. The second kappa shape index (κ2) is 6.76. The minimum atomic E-state index is -0.153. The van der Waals surface area contributed by atoms with Crippen molar-refractivity contribution < 1.29 is 4.79 Å². The molecule has 0 spiro atoms. The molecule has 6 heteroatoms. The van der Waals surface area contributed by atoms with Gasteiger partial charge in [-0.1, -0.05) is 54.1 Å². The Bertz CT molecular complexity index is 1060. The highest BCUT2D eigenvalue weighted by atomic mass is 16.1. The van der Waals surface area contributed by atoms with E-state index in [0.717, 1.165) is 22.0 Å². The van der Waals surface area contributed by atoms with E-state index in [9.17, 15) is 4.79 Å². The second-order valence-electron chi connectivity index (χ2n) is 6.05. The predicted octanol–water partition coefficient (Wildman–Crippen LogP) is 3.05. The molecule has 0 fully saturated rings. The summed E-state index contributed by atoms with van der Waals surface area (Å²) in [5, 5.41) is 16.7. The molecule has 0 radical (unpaired) electrons. The van der Waals surface area contributed by atoms with E-state index >= 15 is 0 Å². The number of benzene rings is 3.